The van der Waals surface area contributed by atoms with Gasteiger partial charge in [0.1, 0.15) is 6.54 Å². The summed E-state index contributed by atoms with van der Waals surface area (Å²) in [7, 11) is -3.90. The number of rotatable bonds is 8. The average Bonchev–Trinajstić information content (AvgIpc) is 2.75. The minimum absolute atomic E-state index is 0.164. The molecule has 3 rings (SSSR count). The first-order valence-electron chi connectivity index (χ1n) is 10.5. The van der Waals surface area contributed by atoms with Crippen molar-refractivity contribution in [3.05, 3.63) is 59.2 Å². The number of hydrogen-bond acceptors (Lipinski definition) is 5. The van der Waals surface area contributed by atoms with E-state index in [1.807, 2.05) is 32.9 Å². The van der Waals surface area contributed by atoms with Crippen molar-refractivity contribution in [2.45, 2.75) is 25.7 Å². The summed E-state index contributed by atoms with van der Waals surface area (Å²) >= 11 is 0. The number of anilines is 1. The van der Waals surface area contributed by atoms with Crippen molar-refractivity contribution >= 4 is 21.6 Å². The molecule has 2 aromatic carbocycles. The first-order valence-corrected chi connectivity index (χ1v) is 11.9. The molecule has 0 aromatic heterocycles. The lowest BCUT2D eigenvalue weighted by molar-refractivity contribution is -0.119. The van der Waals surface area contributed by atoms with E-state index in [1.165, 1.54) is 4.31 Å². The Morgan fingerprint density at radius 2 is 1.71 bits per heavy atom. The van der Waals surface area contributed by atoms with Crippen LogP contribution in [0.4, 0.5) is 5.69 Å². The monoisotopic (exact) mass is 445 g/mol. The Bertz CT molecular complexity index is 1000. The van der Waals surface area contributed by atoms with Gasteiger partial charge in [0, 0.05) is 26.2 Å². The fourth-order valence-electron chi connectivity index (χ4n) is 3.40. The molecule has 31 heavy (non-hydrogen) atoms. The third-order valence-corrected chi connectivity index (χ3v) is 7.32. The number of amides is 1. The molecule has 0 saturated carbocycles. The third kappa shape index (κ3) is 6.06. The van der Waals surface area contributed by atoms with E-state index < -0.39 is 10.0 Å². The molecule has 1 aliphatic heterocycles. The van der Waals surface area contributed by atoms with E-state index in [0.29, 0.717) is 32.0 Å². The first kappa shape index (κ1) is 23.2. The second kappa shape index (κ2) is 10.3. The molecule has 7 nitrogen and oxygen atoms in total. The molecule has 8 heteroatoms. The van der Waals surface area contributed by atoms with Crippen LogP contribution in [-0.2, 0) is 19.6 Å². The van der Waals surface area contributed by atoms with E-state index in [1.54, 1.807) is 30.3 Å². The van der Waals surface area contributed by atoms with Gasteiger partial charge in [-0.15, -0.1) is 0 Å². The molecule has 0 aliphatic carbocycles. The maximum atomic E-state index is 13.4. The zero-order chi connectivity index (χ0) is 22.4. The summed E-state index contributed by atoms with van der Waals surface area (Å²) in [5, 5.41) is 2.86. The number of carbonyl (C=O) groups excluding carboxylic acids is 1. The Morgan fingerprint density at radius 3 is 2.35 bits per heavy atom. The summed E-state index contributed by atoms with van der Waals surface area (Å²) in [4.78, 5) is 15.1. The second-order valence-electron chi connectivity index (χ2n) is 7.90. The quantitative estimate of drug-likeness (QED) is 0.674. The second-order valence-corrected chi connectivity index (χ2v) is 9.76. The van der Waals surface area contributed by atoms with Crippen molar-refractivity contribution in [2.24, 2.45) is 0 Å². The van der Waals surface area contributed by atoms with Crippen molar-refractivity contribution in [3.63, 3.8) is 0 Å². The lowest BCUT2D eigenvalue weighted by Crippen LogP contribution is -2.44. The first-order chi connectivity index (χ1) is 14.8. The Morgan fingerprint density at radius 1 is 1.03 bits per heavy atom. The number of nitrogens with one attached hydrogen (secondary N) is 1. The molecule has 1 fully saturated rings. The highest BCUT2D eigenvalue weighted by Crippen LogP contribution is 2.26. The maximum absolute atomic E-state index is 13.4. The molecule has 1 saturated heterocycles. The van der Waals surface area contributed by atoms with E-state index in [-0.39, 0.29) is 17.3 Å². The fourth-order valence-corrected chi connectivity index (χ4v) is 4.81. The Kier molecular flexibility index (Phi) is 7.69. The number of sulfonamides is 1. The summed E-state index contributed by atoms with van der Waals surface area (Å²) in [5.74, 6) is -0.331. The van der Waals surface area contributed by atoms with E-state index in [2.05, 4.69) is 10.2 Å². The topological polar surface area (TPSA) is 79.0 Å². The average molecular weight is 446 g/mol. The molecular formula is C23H31N3O4S. The van der Waals surface area contributed by atoms with E-state index in [0.717, 1.165) is 29.8 Å². The summed E-state index contributed by atoms with van der Waals surface area (Å²) in [6, 6.07) is 12.1. The maximum Gasteiger partial charge on any atom is 0.264 e. The number of aryl methyl sites for hydroxylation is 3. The van der Waals surface area contributed by atoms with Crippen molar-refractivity contribution in [1.82, 2.24) is 10.2 Å². The number of morpholine rings is 1. The van der Waals surface area contributed by atoms with Gasteiger partial charge in [-0.25, -0.2) is 8.42 Å². The molecule has 0 spiro atoms. The molecule has 0 bridgehead atoms. The van der Waals surface area contributed by atoms with Gasteiger partial charge in [0.2, 0.25) is 5.91 Å². The summed E-state index contributed by atoms with van der Waals surface area (Å²) in [5.41, 5.74) is 3.48. The van der Waals surface area contributed by atoms with Crippen molar-refractivity contribution in [3.8, 4) is 0 Å². The molecule has 168 valence electrons. The number of benzene rings is 2. The van der Waals surface area contributed by atoms with Crippen LogP contribution in [0.2, 0.25) is 0 Å². The number of carbonyl (C=O) groups is 1. The predicted molar refractivity (Wildman–Crippen MR) is 122 cm³/mol. The van der Waals surface area contributed by atoms with Gasteiger partial charge in [-0.2, -0.15) is 0 Å². The molecule has 0 unspecified atom stereocenters. The van der Waals surface area contributed by atoms with Crippen LogP contribution in [0.1, 0.15) is 16.7 Å². The molecule has 2 aromatic rings. The Hall–Kier alpha value is -2.42. The normalized spacial score (nSPS) is 14.9. The highest BCUT2D eigenvalue weighted by Gasteiger charge is 2.27. The van der Waals surface area contributed by atoms with Crippen LogP contribution in [0, 0.1) is 20.8 Å². The fraction of sp³-hybridized carbons (Fsp3) is 0.435. The Balaban J connectivity index is 1.77. The minimum atomic E-state index is -3.90. The van der Waals surface area contributed by atoms with Gasteiger partial charge >= 0.3 is 0 Å². The summed E-state index contributed by atoms with van der Waals surface area (Å²) < 4.78 is 33.4. The van der Waals surface area contributed by atoms with E-state index >= 15 is 0 Å². The third-order valence-electron chi connectivity index (χ3n) is 5.53. The van der Waals surface area contributed by atoms with Gasteiger partial charge < -0.3 is 10.1 Å². The standard InChI is InChI=1S/C23H31N3O4S/c1-18-4-8-22(9-5-18)31(28,29)26(21-7-6-19(2)20(3)16-21)17-23(27)24-10-11-25-12-14-30-15-13-25/h4-9,16H,10-15,17H2,1-3H3,(H,24,27). The highest BCUT2D eigenvalue weighted by molar-refractivity contribution is 7.92. The molecule has 1 amide bonds. The predicted octanol–water partition coefficient (Wildman–Crippen LogP) is 2.26. The van der Waals surface area contributed by atoms with Crippen molar-refractivity contribution < 1.29 is 17.9 Å². The summed E-state index contributed by atoms with van der Waals surface area (Å²) in [6.07, 6.45) is 0. The zero-order valence-corrected chi connectivity index (χ0v) is 19.2. The van der Waals surface area contributed by atoms with Crippen LogP contribution >= 0.6 is 0 Å². The zero-order valence-electron chi connectivity index (χ0n) is 18.4. The van der Waals surface area contributed by atoms with Gasteiger partial charge in [-0.1, -0.05) is 23.8 Å². The van der Waals surface area contributed by atoms with Gasteiger partial charge in [-0.05, 0) is 56.2 Å². The van der Waals surface area contributed by atoms with Crippen LogP contribution in [-0.4, -0.2) is 65.2 Å². The van der Waals surface area contributed by atoms with Crippen molar-refractivity contribution in [1.29, 1.82) is 0 Å². The smallest absolute Gasteiger partial charge is 0.264 e. The molecule has 0 radical (unpaired) electrons. The lowest BCUT2D eigenvalue weighted by Gasteiger charge is -2.27. The van der Waals surface area contributed by atoms with E-state index in [4.69, 9.17) is 4.74 Å². The van der Waals surface area contributed by atoms with Gasteiger partial charge in [0.25, 0.3) is 10.0 Å². The van der Waals surface area contributed by atoms with Crippen LogP contribution in [0.25, 0.3) is 0 Å². The van der Waals surface area contributed by atoms with Crippen molar-refractivity contribution in [2.75, 3.05) is 50.2 Å². The number of hydrogen-bond donors (Lipinski definition) is 1. The molecule has 1 N–H and O–H groups in total. The van der Waals surface area contributed by atoms with Gasteiger partial charge in [-0.3, -0.25) is 14.0 Å². The molecule has 0 atom stereocenters. The lowest BCUT2D eigenvalue weighted by atomic mass is 10.1. The number of nitrogens with zero attached hydrogens (tertiary/aromatic N) is 2. The summed E-state index contributed by atoms with van der Waals surface area (Å²) in [6.45, 7) is 9.77. The molecule has 1 aliphatic rings. The van der Waals surface area contributed by atoms with Crippen LogP contribution < -0.4 is 9.62 Å². The Labute approximate surface area is 185 Å². The van der Waals surface area contributed by atoms with Gasteiger partial charge in [0.05, 0.1) is 23.8 Å². The van der Waals surface area contributed by atoms with Gasteiger partial charge in [0.15, 0.2) is 0 Å². The van der Waals surface area contributed by atoms with E-state index in [9.17, 15) is 13.2 Å². The highest BCUT2D eigenvalue weighted by atomic mass is 32.2. The molecule has 1 heterocycles. The van der Waals surface area contributed by atoms with Crippen LogP contribution in [0.3, 0.4) is 0 Å². The minimum Gasteiger partial charge on any atom is -0.379 e. The van der Waals surface area contributed by atoms with Crippen LogP contribution in [0.5, 0.6) is 0 Å². The largest absolute Gasteiger partial charge is 0.379 e. The van der Waals surface area contributed by atoms with Crippen LogP contribution in [0.15, 0.2) is 47.4 Å². The molecular weight excluding hydrogens is 414 g/mol. The SMILES string of the molecule is Cc1ccc(S(=O)(=O)N(CC(=O)NCCN2CCOCC2)c2ccc(C)c(C)c2)cc1. The number of ether oxygens (including phenoxy) is 1.